The maximum Gasteiger partial charge on any atom is 0.335 e. The van der Waals surface area contributed by atoms with Crippen molar-refractivity contribution in [3.05, 3.63) is 35.2 Å². The predicted molar refractivity (Wildman–Crippen MR) is 97.5 cm³/mol. The van der Waals surface area contributed by atoms with E-state index in [9.17, 15) is 4.79 Å². The second-order valence-corrected chi connectivity index (χ2v) is 6.18. The van der Waals surface area contributed by atoms with Crippen LogP contribution in [0.15, 0.2) is 29.6 Å². The van der Waals surface area contributed by atoms with Crippen LogP contribution in [0.25, 0.3) is 11.3 Å². The van der Waals surface area contributed by atoms with Crippen molar-refractivity contribution in [1.82, 2.24) is 14.9 Å². The lowest BCUT2D eigenvalue weighted by Gasteiger charge is -2.32. The van der Waals surface area contributed by atoms with Crippen LogP contribution in [0.2, 0.25) is 0 Å². The molecule has 1 aromatic heterocycles. The van der Waals surface area contributed by atoms with Gasteiger partial charge in [0.15, 0.2) is 5.13 Å². The van der Waals surface area contributed by atoms with Crippen LogP contribution in [0.1, 0.15) is 10.4 Å². The smallest absolute Gasteiger partial charge is 0.335 e. The molecule has 1 fully saturated rings. The molecule has 0 spiro atoms. The largest absolute Gasteiger partial charge is 0.478 e. The summed E-state index contributed by atoms with van der Waals surface area (Å²) in [4.78, 5) is 17.7. The number of thiazole rings is 1. The Labute approximate surface area is 149 Å². The average molecular weight is 399 g/mol. The van der Waals surface area contributed by atoms with Crippen molar-refractivity contribution in [3.63, 3.8) is 0 Å². The molecule has 124 valence electrons. The standard InChI is InChI=1S/C15H18N4O2S.BrH/c1-18-6-8-19(9-7-18)17-15-16-13(10-22-15)11-2-4-12(5-3-11)14(20)21;/h2-5,10H,6-9H2,1H3,(H,16,17)(H,20,21);1H. The lowest BCUT2D eigenvalue weighted by atomic mass is 10.1. The summed E-state index contributed by atoms with van der Waals surface area (Å²) in [5.74, 6) is -0.915. The number of piperazine rings is 1. The molecule has 0 unspecified atom stereocenters. The van der Waals surface area contributed by atoms with Crippen molar-refractivity contribution in [2.75, 3.05) is 38.7 Å². The first kappa shape index (κ1) is 17.9. The second kappa shape index (κ2) is 7.87. The van der Waals surface area contributed by atoms with E-state index in [1.54, 1.807) is 35.6 Å². The Bertz CT molecular complexity index is 654. The molecule has 1 aliphatic rings. The number of carboxylic acid groups (broad SMARTS) is 1. The predicted octanol–water partition coefficient (Wildman–Crippen LogP) is 2.66. The molecule has 1 aliphatic heterocycles. The highest BCUT2D eigenvalue weighted by molar-refractivity contribution is 8.93. The van der Waals surface area contributed by atoms with Crippen molar-refractivity contribution in [2.24, 2.45) is 0 Å². The topological polar surface area (TPSA) is 68.7 Å². The molecule has 1 saturated heterocycles. The first-order chi connectivity index (χ1) is 10.6. The number of carbonyl (C=O) groups is 1. The molecule has 3 rings (SSSR count). The van der Waals surface area contributed by atoms with Crippen molar-refractivity contribution in [3.8, 4) is 11.3 Å². The number of hydrogen-bond donors (Lipinski definition) is 2. The van der Waals surface area contributed by atoms with E-state index in [2.05, 4.69) is 27.4 Å². The van der Waals surface area contributed by atoms with Gasteiger partial charge in [0.05, 0.1) is 11.3 Å². The van der Waals surface area contributed by atoms with Gasteiger partial charge in [0.25, 0.3) is 0 Å². The molecule has 0 aliphatic carbocycles. The van der Waals surface area contributed by atoms with Crippen LogP contribution in [0.3, 0.4) is 0 Å². The number of anilines is 1. The number of hydrogen-bond acceptors (Lipinski definition) is 6. The Hall–Kier alpha value is -1.48. The van der Waals surface area contributed by atoms with Gasteiger partial charge in [0.2, 0.25) is 0 Å². The van der Waals surface area contributed by atoms with Crippen LogP contribution in [-0.2, 0) is 0 Å². The van der Waals surface area contributed by atoms with Crippen LogP contribution in [0.5, 0.6) is 0 Å². The van der Waals surface area contributed by atoms with Crippen molar-refractivity contribution in [1.29, 1.82) is 0 Å². The third-order valence-electron chi connectivity index (χ3n) is 3.69. The number of nitrogens with one attached hydrogen (secondary N) is 1. The minimum absolute atomic E-state index is 0. The number of nitrogens with zero attached hydrogens (tertiary/aromatic N) is 3. The number of rotatable bonds is 4. The molecule has 1 aromatic carbocycles. The number of halogens is 1. The Morgan fingerprint density at radius 2 is 1.87 bits per heavy atom. The monoisotopic (exact) mass is 398 g/mol. The lowest BCUT2D eigenvalue weighted by molar-refractivity contribution is 0.0697. The summed E-state index contributed by atoms with van der Waals surface area (Å²) < 4.78 is 0. The molecule has 0 radical (unpaired) electrons. The molecule has 0 saturated carbocycles. The van der Waals surface area contributed by atoms with Crippen LogP contribution in [0, 0.1) is 0 Å². The minimum Gasteiger partial charge on any atom is -0.478 e. The molecular formula is C15H19BrN4O2S. The zero-order chi connectivity index (χ0) is 15.5. The van der Waals surface area contributed by atoms with Gasteiger partial charge in [-0.1, -0.05) is 12.1 Å². The van der Waals surface area contributed by atoms with Crippen molar-refractivity contribution in [2.45, 2.75) is 0 Å². The number of likely N-dealkylation sites (N-methyl/N-ethyl adjacent to an activating group) is 1. The summed E-state index contributed by atoms with van der Waals surface area (Å²) in [5, 5.41) is 13.9. The van der Waals surface area contributed by atoms with E-state index in [1.807, 2.05) is 5.38 Å². The maximum atomic E-state index is 10.9. The van der Waals surface area contributed by atoms with Gasteiger partial charge in [-0.2, -0.15) is 0 Å². The highest BCUT2D eigenvalue weighted by Crippen LogP contribution is 2.25. The Balaban J connectivity index is 0.00000192. The summed E-state index contributed by atoms with van der Waals surface area (Å²) in [6.07, 6.45) is 0. The van der Waals surface area contributed by atoms with E-state index < -0.39 is 5.97 Å². The van der Waals surface area contributed by atoms with Crippen LogP contribution < -0.4 is 5.43 Å². The number of hydrazine groups is 1. The SMILES string of the molecule is Br.CN1CCN(Nc2nc(-c3ccc(C(=O)O)cc3)cs2)CC1. The molecule has 8 heteroatoms. The van der Waals surface area contributed by atoms with Gasteiger partial charge in [0.1, 0.15) is 0 Å². The van der Waals surface area contributed by atoms with E-state index in [0.717, 1.165) is 42.6 Å². The van der Waals surface area contributed by atoms with Gasteiger partial charge in [-0.15, -0.1) is 28.3 Å². The first-order valence-corrected chi connectivity index (χ1v) is 7.99. The fourth-order valence-electron chi connectivity index (χ4n) is 2.29. The van der Waals surface area contributed by atoms with Crippen LogP contribution in [0.4, 0.5) is 5.13 Å². The normalized spacial score (nSPS) is 15.9. The quantitative estimate of drug-likeness (QED) is 0.824. The third kappa shape index (κ3) is 4.51. The van der Waals surface area contributed by atoms with Gasteiger partial charge < -0.3 is 10.0 Å². The van der Waals surface area contributed by atoms with E-state index in [-0.39, 0.29) is 22.5 Å². The zero-order valence-corrected chi connectivity index (χ0v) is 15.3. The Kier molecular flexibility index (Phi) is 6.11. The Morgan fingerprint density at radius 3 is 2.48 bits per heavy atom. The van der Waals surface area contributed by atoms with E-state index in [0.29, 0.717) is 0 Å². The molecule has 6 nitrogen and oxygen atoms in total. The molecule has 0 atom stereocenters. The summed E-state index contributed by atoms with van der Waals surface area (Å²) in [6.45, 7) is 4.03. The van der Waals surface area contributed by atoms with E-state index >= 15 is 0 Å². The first-order valence-electron chi connectivity index (χ1n) is 7.11. The summed E-state index contributed by atoms with van der Waals surface area (Å²) >= 11 is 1.56. The fourth-order valence-corrected chi connectivity index (χ4v) is 3.04. The molecular weight excluding hydrogens is 380 g/mol. The second-order valence-electron chi connectivity index (χ2n) is 5.32. The number of aromatic nitrogens is 1. The third-order valence-corrected chi connectivity index (χ3v) is 4.44. The molecule has 2 aromatic rings. The van der Waals surface area contributed by atoms with Gasteiger partial charge in [-0.25, -0.2) is 14.8 Å². The van der Waals surface area contributed by atoms with Gasteiger partial charge in [0, 0.05) is 37.1 Å². The molecule has 2 heterocycles. The van der Waals surface area contributed by atoms with Gasteiger partial charge in [-0.05, 0) is 19.2 Å². The van der Waals surface area contributed by atoms with Crippen LogP contribution in [-0.4, -0.2) is 59.2 Å². The summed E-state index contributed by atoms with van der Waals surface area (Å²) in [6, 6.07) is 6.78. The van der Waals surface area contributed by atoms with Crippen molar-refractivity contribution < 1.29 is 9.90 Å². The van der Waals surface area contributed by atoms with Crippen LogP contribution >= 0.6 is 28.3 Å². The van der Waals surface area contributed by atoms with Gasteiger partial charge >= 0.3 is 5.97 Å². The highest BCUT2D eigenvalue weighted by Gasteiger charge is 2.15. The average Bonchev–Trinajstić information content (AvgIpc) is 2.98. The lowest BCUT2D eigenvalue weighted by Crippen LogP contribution is -2.46. The highest BCUT2D eigenvalue weighted by atomic mass is 79.9. The van der Waals surface area contributed by atoms with Crippen molar-refractivity contribution >= 4 is 39.4 Å². The molecule has 0 bridgehead atoms. The number of carboxylic acids is 1. The number of benzene rings is 1. The molecule has 2 N–H and O–H groups in total. The minimum atomic E-state index is -0.915. The maximum absolute atomic E-state index is 10.9. The summed E-state index contributed by atoms with van der Waals surface area (Å²) in [5.41, 5.74) is 5.41. The molecule has 0 amide bonds. The summed E-state index contributed by atoms with van der Waals surface area (Å²) in [7, 11) is 2.12. The van der Waals surface area contributed by atoms with E-state index in [1.165, 1.54) is 0 Å². The fraction of sp³-hybridized carbons (Fsp3) is 0.333. The molecule has 23 heavy (non-hydrogen) atoms. The zero-order valence-electron chi connectivity index (χ0n) is 12.7. The van der Waals surface area contributed by atoms with E-state index in [4.69, 9.17) is 5.11 Å². The van der Waals surface area contributed by atoms with Gasteiger partial charge in [-0.3, -0.25) is 5.43 Å². The number of aromatic carboxylic acids is 1. The Morgan fingerprint density at radius 1 is 1.22 bits per heavy atom.